The Bertz CT molecular complexity index is 1440. The van der Waals surface area contributed by atoms with Gasteiger partial charge in [-0.1, -0.05) is 24.4 Å². The highest BCUT2D eigenvalue weighted by molar-refractivity contribution is 7.81. The number of pyridine rings is 1. The van der Waals surface area contributed by atoms with Crippen LogP contribution in [-0.4, -0.2) is 28.4 Å². The number of alkyl halides is 2. The second-order valence-corrected chi connectivity index (χ2v) is 8.57. The van der Waals surface area contributed by atoms with Crippen molar-refractivity contribution >= 4 is 34.3 Å². The lowest BCUT2D eigenvalue weighted by molar-refractivity contribution is -0.575. The van der Waals surface area contributed by atoms with Crippen molar-refractivity contribution in [3.63, 3.8) is 0 Å². The van der Waals surface area contributed by atoms with E-state index in [2.05, 4.69) is 10.1 Å². The first-order valence-electron chi connectivity index (χ1n) is 11.4. The molecule has 0 aliphatic carbocycles. The summed E-state index contributed by atoms with van der Waals surface area (Å²) < 4.78 is 38.5. The quantitative estimate of drug-likeness (QED) is 0.123. The first-order chi connectivity index (χ1) is 17.8. The van der Waals surface area contributed by atoms with E-state index in [1.807, 2.05) is 66.9 Å². The number of nitrogens with zero attached hydrogens (tertiary/aromatic N) is 2. The highest BCUT2D eigenvalue weighted by atomic mass is 32.1. The van der Waals surface area contributed by atoms with E-state index in [1.165, 1.54) is 12.1 Å². The molecule has 0 spiro atoms. The third-order valence-corrected chi connectivity index (χ3v) is 6.04. The van der Waals surface area contributed by atoms with Crippen LogP contribution in [-0.2, 0) is 0 Å². The van der Waals surface area contributed by atoms with Gasteiger partial charge in [0, 0.05) is 46.5 Å². The standard InChI is InChI=1S/C28H25F2N3O3S/c1-18-16-24(19(2)33(18)21-10-12-22(13-11-21)36-28(29)30)26(34)25(32-14-5-4-6-15-32)27(37)31-20-8-7-9-23(17-20)35-3/h4-17,28H,1-3H3,(H-,31,34,37)/p+1. The minimum absolute atomic E-state index is 0.0198. The lowest BCUT2D eigenvalue weighted by atomic mass is 10.1. The molecule has 0 amide bonds. The van der Waals surface area contributed by atoms with E-state index < -0.39 is 6.61 Å². The van der Waals surface area contributed by atoms with Crippen molar-refractivity contribution in [2.45, 2.75) is 20.5 Å². The zero-order valence-corrected chi connectivity index (χ0v) is 21.3. The van der Waals surface area contributed by atoms with Gasteiger partial charge in [0.25, 0.3) is 5.70 Å². The maximum Gasteiger partial charge on any atom is 0.387 e. The monoisotopic (exact) mass is 522 g/mol. The molecule has 0 radical (unpaired) electrons. The molecule has 2 aromatic heterocycles. The molecule has 0 atom stereocenters. The van der Waals surface area contributed by atoms with E-state index >= 15 is 0 Å². The number of aromatic nitrogens is 2. The van der Waals surface area contributed by atoms with Gasteiger partial charge in [0.05, 0.1) is 7.11 Å². The van der Waals surface area contributed by atoms with Crippen LogP contribution in [0.3, 0.4) is 0 Å². The van der Waals surface area contributed by atoms with Crippen molar-refractivity contribution in [1.29, 1.82) is 0 Å². The molecule has 0 saturated heterocycles. The van der Waals surface area contributed by atoms with Gasteiger partial charge in [0.2, 0.25) is 5.76 Å². The van der Waals surface area contributed by atoms with Crippen LogP contribution in [0.5, 0.6) is 11.5 Å². The number of rotatable bonds is 8. The molecule has 9 heteroatoms. The van der Waals surface area contributed by atoms with E-state index in [0.717, 1.165) is 17.1 Å². The number of aliphatic hydroxyl groups is 1. The molecule has 2 N–H and O–H groups in total. The van der Waals surface area contributed by atoms with Crippen LogP contribution < -0.4 is 19.4 Å². The summed E-state index contributed by atoms with van der Waals surface area (Å²) in [7, 11) is 1.59. The average Bonchev–Trinajstić information content (AvgIpc) is 3.18. The van der Waals surface area contributed by atoms with Gasteiger partial charge in [0.1, 0.15) is 11.5 Å². The Kier molecular flexibility index (Phi) is 7.83. The summed E-state index contributed by atoms with van der Waals surface area (Å²) >= 11 is 5.75. The third-order valence-electron chi connectivity index (χ3n) is 5.75. The Balaban J connectivity index is 1.77. The summed E-state index contributed by atoms with van der Waals surface area (Å²) in [5.74, 6) is 0.720. The van der Waals surface area contributed by atoms with Gasteiger partial charge in [-0.2, -0.15) is 13.3 Å². The minimum atomic E-state index is -2.89. The number of thiocarbonyl (C=S) groups is 1. The van der Waals surface area contributed by atoms with Crippen molar-refractivity contribution in [3.8, 4) is 17.2 Å². The van der Waals surface area contributed by atoms with Crippen LogP contribution in [0.1, 0.15) is 17.0 Å². The average molecular weight is 523 g/mol. The maximum absolute atomic E-state index is 12.5. The Labute approximate surface area is 219 Å². The number of hydrogen-bond acceptors (Lipinski definition) is 4. The molecule has 37 heavy (non-hydrogen) atoms. The van der Waals surface area contributed by atoms with Crippen molar-refractivity contribution in [1.82, 2.24) is 4.57 Å². The fourth-order valence-corrected chi connectivity index (χ4v) is 4.41. The molecule has 0 aliphatic heterocycles. The molecule has 2 aromatic carbocycles. The number of nitrogens with one attached hydrogen (secondary N) is 1. The first-order valence-corrected chi connectivity index (χ1v) is 11.8. The van der Waals surface area contributed by atoms with Crippen molar-refractivity contribution < 1.29 is 27.9 Å². The fraction of sp³-hybridized carbons (Fsp3) is 0.143. The normalized spacial score (nSPS) is 11.7. The molecule has 0 unspecified atom stereocenters. The van der Waals surface area contributed by atoms with E-state index in [-0.39, 0.29) is 11.5 Å². The fourth-order valence-electron chi connectivity index (χ4n) is 4.09. The van der Waals surface area contributed by atoms with Gasteiger partial charge >= 0.3 is 6.61 Å². The number of halogens is 2. The van der Waals surface area contributed by atoms with Crippen molar-refractivity contribution in [3.05, 3.63) is 102 Å². The smallest absolute Gasteiger partial charge is 0.387 e. The summed E-state index contributed by atoms with van der Waals surface area (Å²) in [6, 6.07) is 21.1. The van der Waals surface area contributed by atoms with Crippen molar-refractivity contribution in [2.75, 3.05) is 12.4 Å². The molecule has 0 saturated carbocycles. The molecular formula is C28H26F2N3O3S+. The Morgan fingerprint density at radius 3 is 2.32 bits per heavy atom. The molecule has 6 nitrogen and oxygen atoms in total. The molecule has 2 heterocycles. The van der Waals surface area contributed by atoms with E-state index in [1.54, 1.807) is 36.2 Å². The van der Waals surface area contributed by atoms with Crippen LogP contribution in [0.4, 0.5) is 14.5 Å². The van der Waals surface area contributed by atoms with Gasteiger partial charge in [-0.25, -0.2) is 0 Å². The van der Waals surface area contributed by atoms with Crippen LogP contribution in [0.15, 0.2) is 85.2 Å². The van der Waals surface area contributed by atoms with E-state index in [9.17, 15) is 13.9 Å². The molecule has 190 valence electrons. The lowest BCUT2D eigenvalue weighted by Gasteiger charge is -2.12. The zero-order chi connectivity index (χ0) is 26.5. The summed E-state index contributed by atoms with van der Waals surface area (Å²) in [6.07, 6.45) is 3.60. The molecular weight excluding hydrogens is 496 g/mol. The number of aliphatic hydroxyl groups excluding tert-OH is 1. The second kappa shape index (κ2) is 11.2. The maximum atomic E-state index is 12.5. The largest absolute Gasteiger partial charge is 0.502 e. The highest BCUT2D eigenvalue weighted by Crippen LogP contribution is 2.29. The molecule has 0 aliphatic rings. The number of aryl methyl sites for hydroxylation is 1. The third kappa shape index (κ3) is 5.78. The van der Waals surface area contributed by atoms with Gasteiger partial charge in [-0.15, -0.1) is 0 Å². The molecule has 0 bridgehead atoms. The van der Waals surface area contributed by atoms with Crippen LogP contribution >= 0.6 is 12.2 Å². The van der Waals surface area contributed by atoms with Crippen molar-refractivity contribution in [2.24, 2.45) is 0 Å². The molecule has 0 fully saturated rings. The van der Waals surface area contributed by atoms with Crippen LogP contribution in [0, 0.1) is 13.8 Å². The van der Waals surface area contributed by atoms with Gasteiger partial charge in [-0.3, -0.25) is 0 Å². The van der Waals surface area contributed by atoms with Gasteiger partial charge < -0.3 is 24.5 Å². The lowest BCUT2D eigenvalue weighted by Crippen LogP contribution is -2.38. The Morgan fingerprint density at radius 1 is 0.973 bits per heavy atom. The van der Waals surface area contributed by atoms with Gasteiger partial charge in [0.15, 0.2) is 17.4 Å². The number of benzene rings is 2. The number of hydrogen-bond donors (Lipinski definition) is 2. The summed E-state index contributed by atoms with van der Waals surface area (Å²) in [5.41, 5.74) is 4.00. The predicted octanol–water partition coefficient (Wildman–Crippen LogP) is 6.31. The van der Waals surface area contributed by atoms with E-state index in [4.69, 9.17) is 17.0 Å². The second-order valence-electron chi connectivity index (χ2n) is 8.16. The topological polar surface area (TPSA) is 59.5 Å². The minimum Gasteiger partial charge on any atom is -0.502 e. The van der Waals surface area contributed by atoms with Crippen LogP contribution in [0.2, 0.25) is 0 Å². The molecule has 4 rings (SSSR count). The SMILES string of the molecule is COc1cccc(NC(=S)/C(=C(/O)c2cc(C)n(-c3ccc(OC(F)F)cc3)c2C)[n+]2ccccc2)c1. The summed E-state index contributed by atoms with van der Waals surface area (Å²) in [6.45, 7) is 0.876. The summed E-state index contributed by atoms with van der Waals surface area (Å²) in [5, 5.41) is 14.8. The predicted molar refractivity (Wildman–Crippen MR) is 143 cm³/mol. The Morgan fingerprint density at radius 2 is 1.68 bits per heavy atom. The molecule has 4 aromatic rings. The number of anilines is 1. The Hall–Kier alpha value is -4.24. The zero-order valence-electron chi connectivity index (χ0n) is 20.5. The van der Waals surface area contributed by atoms with E-state index in [0.29, 0.717) is 27.7 Å². The van der Waals surface area contributed by atoms with Crippen LogP contribution in [0.25, 0.3) is 17.1 Å². The number of ether oxygens (including phenoxy) is 2. The summed E-state index contributed by atoms with van der Waals surface area (Å²) in [4.78, 5) is 0.306. The number of methoxy groups -OCH3 is 1. The van der Waals surface area contributed by atoms with Gasteiger partial charge in [-0.05, 0) is 56.3 Å². The highest BCUT2D eigenvalue weighted by Gasteiger charge is 2.26. The first kappa shape index (κ1) is 25.8.